The Balaban J connectivity index is 2.92. The summed E-state index contributed by atoms with van der Waals surface area (Å²) in [6, 6.07) is 7.62. The van der Waals surface area contributed by atoms with E-state index in [0.717, 1.165) is 21.5 Å². The predicted octanol–water partition coefficient (Wildman–Crippen LogP) is 3.53. The van der Waals surface area contributed by atoms with Gasteiger partial charge in [-0.05, 0) is 18.2 Å². The van der Waals surface area contributed by atoms with Gasteiger partial charge in [0.25, 0.3) is 0 Å². The smallest absolute Gasteiger partial charge is 0.0789 e. The van der Waals surface area contributed by atoms with Gasteiger partial charge in [-0.25, -0.2) is 0 Å². The quantitative estimate of drug-likeness (QED) is 0.669. The number of halogens is 1. The van der Waals surface area contributed by atoms with Gasteiger partial charge in [0, 0.05) is 17.1 Å². The molecular formula is C11H8ClN. The summed E-state index contributed by atoms with van der Waals surface area (Å²) < 4.78 is 0. The van der Waals surface area contributed by atoms with Crippen LogP contribution in [-0.2, 0) is 0 Å². The van der Waals surface area contributed by atoms with E-state index in [0.29, 0.717) is 0 Å². The van der Waals surface area contributed by atoms with Crippen LogP contribution >= 0.6 is 11.6 Å². The first-order chi connectivity index (χ1) is 6.33. The lowest BCUT2D eigenvalue weighted by Gasteiger charge is -2.02. The third kappa shape index (κ3) is 1.31. The molecule has 0 bridgehead atoms. The molecule has 2 heteroatoms. The van der Waals surface area contributed by atoms with Gasteiger partial charge in [-0.3, -0.25) is 4.98 Å². The highest BCUT2D eigenvalue weighted by molar-refractivity contribution is 6.35. The summed E-state index contributed by atoms with van der Waals surface area (Å²) in [5.74, 6) is 0. The fraction of sp³-hybridized carbons (Fsp3) is 0. The van der Waals surface area contributed by atoms with Gasteiger partial charge >= 0.3 is 0 Å². The Labute approximate surface area is 81.7 Å². The molecule has 13 heavy (non-hydrogen) atoms. The Morgan fingerprint density at radius 3 is 2.92 bits per heavy atom. The maximum Gasteiger partial charge on any atom is 0.0789 e. The lowest BCUT2D eigenvalue weighted by Crippen LogP contribution is -1.82. The zero-order valence-electron chi connectivity index (χ0n) is 7.00. The lowest BCUT2D eigenvalue weighted by atomic mass is 10.1. The second-order valence-corrected chi connectivity index (χ2v) is 3.15. The summed E-state index contributed by atoms with van der Waals surface area (Å²) in [6.45, 7) is 3.73. The molecule has 0 saturated heterocycles. The molecule has 1 aromatic heterocycles. The largest absolute Gasteiger partial charge is 0.256 e. The molecule has 0 spiro atoms. The average Bonchev–Trinajstić information content (AvgIpc) is 2.19. The van der Waals surface area contributed by atoms with Crippen LogP contribution in [0.3, 0.4) is 0 Å². The molecule has 0 aliphatic rings. The molecule has 0 saturated carbocycles. The Bertz CT molecular complexity index is 463. The minimum Gasteiger partial charge on any atom is -0.256 e. The van der Waals surface area contributed by atoms with Gasteiger partial charge < -0.3 is 0 Å². The van der Waals surface area contributed by atoms with Crippen molar-refractivity contribution in [3.05, 3.63) is 47.6 Å². The number of fused-ring (bicyclic) bond motifs is 1. The molecule has 0 aliphatic heterocycles. The van der Waals surface area contributed by atoms with Crippen molar-refractivity contribution in [2.75, 3.05) is 0 Å². The number of rotatable bonds is 1. The van der Waals surface area contributed by atoms with E-state index in [9.17, 15) is 0 Å². The highest BCUT2D eigenvalue weighted by Crippen LogP contribution is 2.24. The molecule has 2 rings (SSSR count). The number of aromatic nitrogens is 1. The van der Waals surface area contributed by atoms with Crippen molar-refractivity contribution in [1.29, 1.82) is 0 Å². The first kappa shape index (κ1) is 8.27. The molecule has 0 amide bonds. The topological polar surface area (TPSA) is 12.9 Å². The van der Waals surface area contributed by atoms with E-state index in [1.165, 1.54) is 0 Å². The summed E-state index contributed by atoms with van der Waals surface area (Å²) in [4.78, 5) is 4.26. The van der Waals surface area contributed by atoms with Gasteiger partial charge in [0.05, 0.1) is 10.5 Å². The zero-order chi connectivity index (χ0) is 9.26. The summed E-state index contributed by atoms with van der Waals surface area (Å²) in [7, 11) is 0. The van der Waals surface area contributed by atoms with Crippen molar-refractivity contribution in [3.63, 3.8) is 0 Å². The van der Waals surface area contributed by atoms with Crippen LogP contribution in [0.2, 0.25) is 5.02 Å². The van der Waals surface area contributed by atoms with Crippen molar-refractivity contribution in [2.45, 2.75) is 0 Å². The van der Waals surface area contributed by atoms with E-state index in [1.54, 1.807) is 12.3 Å². The molecule has 0 aliphatic carbocycles. The fourth-order valence-electron chi connectivity index (χ4n) is 1.32. The van der Waals surface area contributed by atoms with E-state index in [2.05, 4.69) is 11.6 Å². The Hall–Kier alpha value is -1.34. The molecule has 0 radical (unpaired) electrons. The van der Waals surface area contributed by atoms with E-state index in [1.807, 2.05) is 24.3 Å². The van der Waals surface area contributed by atoms with E-state index < -0.39 is 0 Å². The Morgan fingerprint density at radius 1 is 1.31 bits per heavy atom. The molecule has 0 N–H and O–H groups in total. The summed E-state index contributed by atoms with van der Waals surface area (Å²) in [6.07, 6.45) is 3.54. The third-order valence-electron chi connectivity index (χ3n) is 1.97. The highest BCUT2D eigenvalue weighted by atomic mass is 35.5. The zero-order valence-corrected chi connectivity index (χ0v) is 7.75. The number of benzene rings is 1. The molecule has 0 atom stereocenters. The molecular weight excluding hydrogens is 182 g/mol. The van der Waals surface area contributed by atoms with Crippen molar-refractivity contribution in [2.24, 2.45) is 0 Å². The van der Waals surface area contributed by atoms with Gasteiger partial charge in [0.15, 0.2) is 0 Å². The van der Waals surface area contributed by atoms with Gasteiger partial charge in [0.2, 0.25) is 0 Å². The number of hydrogen-bond donors (Lipinski definition) is 0. The summed E-state index contributed by atoms with van der Waals surface area (Å²) in [5.41, 5.74) is 1.92. The summed E-state index contributed by atoms with van der Waals surface area (Å²) >= 11 is 6.01. The van der Waals surface area contributed by atoms with Gasteiger partial charge in [0.1, 0.15) is 0 Å². The maximum absolute atomic E-state index is 6.01. The van der Waals surface area contributed by atoms with Crippen LogP contribution in [0.15, 0.2) is 37.0 Å². The van der Waals surface area contributed by atoms with Gasteiger partial charge in [-0.2, -0.15) is 0 Å². The predicted molar refractivity (Wildman–Crippen MR) is 56.8 cm³/mol. The van der Waals surface area contributed by atoms with Crippen LogP contribution in [-0.4, -0.2) is 4.98 Å². The molecule has 64 valence electrons. The van der Waals surface area contributed by atoms with Crippen LogP contribution in [0.4, 0.5) is 0 Å². The van der Waals surface area contributed by atoms with Crippen LogP contribution in [0.25, 0.3) is 17.0 Å². The van der Waals surface area contributed by atoms with Crippen LogP contribution in [0.1, 0.15) is 5.56 Å². The molecule has 1 aromatic carbocycles. The van der Waals surface area contributed by atoms with Crippen LogP contribution in [0.5, 0.6) is 0 Å². The summed E-state index contributed by atoms with van der Waals surface area (Å²) in [5, 5.41) is 1.70. The minimum absolute atomic E-state index is 0.730. The second kappa shape index (κ2) is 3.19. The number of hydrogen-bond acceptors (Lipinski definition) is 1. The molecule has 1 nitrogen and oxygen atoms in total. The average molecular weight is 190 g/mol. The Morgan fingerprint density at radius 2 is 2.15 bits per heavy atom. The SMILES string of the molecule is C=Cc1ccc(Cl)c2cccnc12. The standard InChI is InChI=1S/C11H8ClN/c1-2-8-5-6-10(12)9-4-3-7-13-11(8)9/h2-7H,1H2. The lowest BCUT2D eigenvalue weighted by molar-refractivity contribution is 1.41. The molecule has 0 unspecified atom stereocenters. The van der Waals surface area contributed by atoms with E-state index >= 15 is 0 Å². The highest BCUT2D eigenvalue weighted by Gasteiger charge is 2.01. The minimum atomic E-state index is 0.730. The Kier molecular flexibility index (Phi) is 2.03. The van der Waals surface area contributed by atoms with Gasteiger partial charge in [-0.15, -0.1) is 0 Å². The normalized spacial score (nSPS) is 10.2. The number of nitrogens with zero attached hydrogens (tertiary/aromatic N) is 1. The van der Waals surface area contributed by atoms with Crippen molar-refractivity contribution in [3.8, 4) is 0 Å². The fourth-order valence-corrected chi connectivity index (χ4v) is 1.54. The number of pyridine rings is 1. The first-order valence-electron chi connectivity index (χ1n) is 3.98. The molecule has 1 heterocycles. The van der Waals surface area contributed by atoms with Crippen LogP contribution < -0.4 is 0 Å². The molecule has 0 fully saturated rings. The van der Waals surface area contributed by atoms with Crippen molar-refractivity contribution >= 4 is 28.6 Å². The molecule has 2 aromatic rings. The van der Waals surface area contributed by atoms with E-state index in [4.69, 9.17) is 11.6 Å². The van der Waals surface area contributed by atoms with Crippen molar-refractivity contribution in [1.82, 2.24) is 4.98 Å². The maximum atomic E-state index is 6.01. The first-order valence-corrected chi connectivity index (χ1v) is 4.36. The third-order valence-corrected chi connectivity index (χ3v) is 2.30. The van der Waals surface area contributed by atoms with Crippen molar-refractivity contribution < 1.29 is 0 Å². The second-order valence-electron chi connectivity index (χ2n) is 2.74. The van der Waals surface area contributed by atoms with Crippen LogP contribution in [0, 0.1) is 0 Å². The monoisotopic (exact) mass is 189 g/mol. The van der Waals surface area contributed by atoms with Gasteiger partial charge in [-0.1, -0.05) is 30.3 Å². The van der Waals surface area contributed by atoms with E-state index in [-0.39, 0.29) is 0 Å².